The maximum Gasteiger partial charge on any atom is 0.191 e. The smallest absolute Gasteiger partial charge is 0.191 e. The molecule has 2 aromatic rings. The second-order valence-corrected chi connectivity index (χ2v) is 6.55. The topological polar surface area (TPSA) is 62.0 Å². The molecule has 1 aromatic heterocycles. The van der Waals surface area contributed by atoms with Crippen molar-refractivity contribution in [3.63, 3.8) is 0 Å². The Morgan fingerprint density at radius 3 is 2.70 bits per heavy atom. The van der Waals surface area contributed by atoms with E-state index in [2.05, 4.69) is 20.5 Å². The largest absolute Gasteiger partial charge is 0.465 e. The van der Waals surface area contributed by atoms with Gasteiger partial charge in [-0.1, -0.05) is 12.1 Å². The Kier molecular flexibility index (Phi) is 6.84. The summed E-state index contributed by atoms with van der Waals surface area (Å²) < 4.78 is 24.7. The van der Waals surface area contributed by atoms with E-state index in [1.54, 1.807) is 13.1 Å². The van der Waals surface area contributed by atoms with E-state index in [1.807, 2.05) is 25.1 Å². The molecule has 0 saturated carbocycles. The van der Waals surface area contributed by atoms with Gasteiger partial charge in [-0.25, -0.2) is 4.39 Å². The highest BCUT2D eigenvalue weighted by atomic mass is 19.1. The Balaban J connectivity index is 1.60. The van der Waals surface area contributed by atoms with Gasteiger partial charge in [-0.2, -0.15) is 0 Å². The van der Waals surface area contributed by atoms with Crippen LogP contribution in [0.1, 0.15) is 23.1 Å². The van der Waals surface area contributed by atoms with E-state index in [0.29, 0.717) is 19.0 Å². The molecular formula is C20H27FN4O2. The number of guanidine groups is 1. The van der Waals surface area contributed by atoms with E-state index in [1.165, 1.54) is 12.1 Å². The summed E-state index contributed by atoms with van der Waals surface area (Å²) in [6.45, 7) is 6.27. The van der Waals surface area contributed by atoms with Crippen molar-refractivity contribution < 1.29 is 13.5 Å². The summed E-state index contributed by atoms with van der Waals surface area (Å²) in [7, 11) is 1.72. The first-order valence-electron chi connectivity index (χ1n) is 9.23. The van der Waals surface area contributed by atoms with Crippen LogP contribution < -0.4 is 10.6 Å². The number of benzene rings is 1. The molecule has 1 unspecified atom stereocenters. The molecule has 2 heterocycles. The number of hydrogen-bond donors (Lipinski definition) is 2. The van der Waals surface area contributed by atoms with Crippen LogP contribution in [-0.4, -0.2) is 50.8 Å². The lowest BCUT2D eigenvalue weighted by atomic mass is 10.1. The van der Waals surface area contributed by atoms with Gasteiger partial charge in [-0.3, -0.25) is 9.89 Å². The van der Waals surface area contributed by atoms with Gasteiger partial charge in [0.1, 0.15) is 17.3 Å². The molecule has 6 nitrogen and oxygen atoms in total. The van der Waals surface area contributed by atoms with Crippen molar-refractivity contribution in [2.75, 3.05) is 39.9 Å². The molecule has 0 aliphatic carbocycles. The standard InChI is InChI=1S/C20H27FN4O2/c1-15-6-7-19(27-15)18(25-8-10-26-11-9-25)14-24-20(22-2)23-13-16-4-3-5-17(21)12-16/h3-7,12,18H,8-11,13-14H2,1-2H3,(H2,22,23,24). The van der Waals surface area contributed by atoms with Crippen molar-refractivity contribution >= 4 is 5.96 Å². The summed E-state index contributed by atoms with van der Waals surface area (Å²) >= 11 is 0. The van der Waals surface area contributed by atoms with Crippen molar-refractivity contribution in [2.24, 2.45) is 4.99 Å². The van der Waals surface area contributed by atoms with Crippen molar-refractivity contribution in [3.8, 4) is 0 Å². The van der Waals surface area contributed by atoms with Crippen LogP contribution >= 0.6 is 0 Å². The van der Waals surface area contributed by atoms with Crippen LogP contribution in [0.15, 0.2) is 45.8 Å². The number of furan rings is 1. The highest BCUT2D eigenvalue weighted by molar-refractivity contribution is 5.79. The summed E-state index contributed by atoms with van der Waals surface area (Å²) in [5, 5.41) is 6.59. The van der Waals surface area contributed by atoms with Crippen LogP contribution in [-0.2, 0) is 11.3 Å². The molecule has 1 saturated heterocycles. The molecule has 146 valence electrons. The minimum absolute atomic E-state index is 0.0929. The summed E-state index contributed by atoms with van der Waals surface area (Å²) in [6.07, 6.45) is 0. The second kappa shape index (κ2) is 9.53. The van der Waals surface area contributed by atoms with Crippen LogP contribution in [0.4, 0.5) is 4.39 Å². The number of nitrogens with one attached hydrogen (secondary N) is 2. The Labute approximate surface area is 159 Å². The molecule has 1 aromatic carbocycles. The third-order valence-corrected chi connectivity index (χ3v) is 4.61. The van der Waals surface area contributed by atoms with E-state index in [9.17, 15) is 4.39 Å². The van der Waals surface area contributed by atoms with E-state index in [-0.39, 0.29) is 11.9 Å². The van der Waals surface area contributed by atoms with Gasteiger partial charge in [-0.05, 0) is 36.8 Å². The lowest BCUT2D eigenvalue weighted by molar-refractivity contribution is 0.0124. The second-order valence-electron chi connectivity index (χ2n) is 6.55. The average molecular weight is 374 g/mol. The maximum absolute atomic E-state index is 13.3. The highest BCUT2D eigenvalue weighted by Crippen LogP contribution is 2.23. The summed E-state index contributed by atoms with van der Waals surface area (Å²) in [5.41, 5.74) is 0.865. The summed E-state index contributed by atoms with van der Waals surface area (Å²) in [4.78, 5) is 6.62. The zero-order valence-corrected chi connectivity index (χ0v) is 15.9. The third-order valence-electron chi connectivity index (χ3n) is 4.61. The van der Waals surface area contributed by atoms with E-state index < -0.39 is 0 Å². The van der Waals surface area contributed by atoms with Gasteiger partial charge < -0.3 is 19.8 Å². The number of halogens is 1. The van der Waals surface area contributed by atoms with Crippen LogP contribution in [0, 0.1) is 12.7 Å². The van der Waals surface area contributed by atoms with Crippen LogP contribution in [0.3, 0.4) is 0 Å². The van der Waals surface area contributed by atoms with Gasteiger partial charge in [0.15, 0.2) is 5.96 Å². The normalized spacial score (nSPS) is 16.9. The number of morpholine rings is 1. The molecule has 1 atom stereocenters. The van der Waals surface area contributed by atoms with Crippen molar-refractivity contribution in [1.82, 2.24) is 15.5 Å². The molecular weight excluding hydrogens is 347 g/mol. The first-order chi connectivity index (χ1) is 13.2. The van der Waals surface area contributed by atoms with Crippen molar-refractivity contribution in [2.45, 2.75) is 19.5 Å². The van der Waals surface area contributed by atoms with E-state index >= 15 is 0 Å². The Hall–Kier alpha value is -2.38. The highest BCUT2D eigenvalue weighted by Gasteiger charge is 2.25. The fourth-order valence-electron chi connectivity index (χ4n) is 3.18. The Morgan fingerprint density at radius 1 is 1.22 bits per heavy atom. The molecule has 2 N–H and O–H groups in total. The van der Waals surface area contributed by atoms with Crippen LogP contribution in [0.5, 0.6) is 0 Å². The van der Waals surface area contributed by atoms with Gasteiger partial charge in [0, 0.05) is 33.2 Å². The van der Waals surface area contributed by atoms with E-state index in [4.69, 9.17) is 9.15 Å². The molecule has 7 heteroatoms. The number of nitrogens with zero attached hydrogens (tertiary/aromatic N) is 2. The Bertz CT molecular complexity index is 756. The van der Waals surface area contributed by atoms with Crippen molar-refractivity contribution in [3.05, 3.63) is 59.3 Å². The zero-order chi connectivity index (χ0) is 19.1. The zero-order valence-electron chi connectivity index (χ0n) is 15.9. The number of aliphatic imine (C=N–C) groups is 1. The number of ether oxygens (including phenoxy) is 1. The van der Waals surface area contributed by atoms with Crippen molar-refractivity contribution in [1.29, 1.82) is 0 Å². The molecule has 1 aliphatic heterocycles. The Morgan fingerprint density at radius 2 is 2.04 bits per heavy atom. The first kappa shape index (κ1) is 19.4. The summed E-state index contributed by atoms with van der Waals surface area (Å²) in [5.74, 6) is 2.26. The minimum atomic E-state index is -0.238. The molecule has 27 heavy (non-hydrogen) atoms. The predicted octanol–water partition coefficient (Wildman–Crippen LogP) is 2.47. The fourth-order valence-corrected chi connectivity index (χ4v) is 3.18. The molecule has 0 bridgehead atoms. The molecule has 0 spiro atoms. The lowest BCUT2D eigenvalue weighted by Gasteiger charge is -2.33. The van der Waals surface area contributed by atoms with Gasteiger partial charge in [0.25, 0.3) is 0 Å². The quantitative estimate of drug-likeness (QED) is 0.601. The maximum atomic E-state index is 13.3. The predicted molar refractivity (Wildman–Crippen MR) is 103 cm³/mol. The molecule has 0 amide bonds. The van der Waals surface area contributed by atoms with Crippen LogP contribution in [0.2, 0.25) is 0 Å². The molecule has 1 aliphatic rings. The molecule has 1 fully saturated rings. The third kappa shape index (κ3) is 5.55. The van der Waals surface area contributed by atoms with Gasteiger partial charge in [0.05, 0.1) is 19.3 Å². The van der Waals surface area contributed by atoms with Gasteiger partial charge >= 0.3 is 0 Å². The van der Waals surface area contributed by atoms with E-state index in [0.717, 1.165) is 43.4 Å². The number of hydrogen-bond acceptors (Lipinski definition) is 4. The minimum Gasteiger partial charge on any atom is -0.465 e. The lowest BCUT2D eigenvalue weighted by Crippen LogP contribution is -2.46. The average Bonchev–Trinajstić information content (AvgIpc) is 3.11. The number of aryl methyl sites for hydroxylation is 1. The first-order valence-corrected chi connectivity index (χ1v) is 9.23. The van der Waals surface area contributed by atoms with Gasteiger partial charge in [-0.15, -0.1) is 0 Å². The number of rotatable bonds is 6. The van der Waals surface area contributed by atoms with Crippen LogP contribution in [0.25, 0.3) is 0 Å². The summed E-state index contributed by atoms with van der Waals surface area (Å²) in [6, 6.07) is 10.6. The fraction of sp³-hybridized carbons (Fsp3) is 0.450. The molecule has 3 rings (SSSR count). The van der Waals surface area contributed by atoms with Gasteiger partial charge in [0.2, 0.25) is 0 Å². The SMILES string of the molecule is CN=C(NCc1cccc(F)c1)NCC(c1ccc(C)o1)N1CCOCC1. The molecule has 0 radical (unpaired) electrons. The monoisotopic (exact) mass is 374 g/mol.